The van der Waals surface area contributed by atoms with Crippen LogP contribution in [0.2, 0.25) is 0 Å². The number of carbonyl (C=O) groups is 1. The monoisotopic (exact) mass is 402 g/mol. The second-order valence-corrected chi connectivity index (χ2v) is 8.52. The lowest BCUT2D eigenvalue weighted by atomic mass is 9.93. The van der Waals surface area contributed by atoms with Crippen LogP contribution in [0.4, 0.5) is 0 Å². The highest BCUT2D eigenvalue weighted by atomic mass is 32.1. The van der Waals surface area contributed by atoms with Gasteiger partial charge in [-0.05, 0) is 61.5 Å². The third-order valence-electron chi connectivity index (χ3n) is 5.52. The Morgan fingerprint density at radius 3 is 2.97 bits per heavy atom. The van der Waals surface area contributed by atoms with Gasteiger partial charge in [-0.15, -0.1) is 11.3 Å². The highest BCUT2D eigenvalue weighted by molar-refractivity contribution is 7.13. The second-order valence-electron chi connectivity index (χ2n) is 7.57. The van der Waals surface area contributed by atoms with E-state index < -0.39 is 0 Å². The fourth-order valence-corrected chi connectivity index (χ4v) is 4.79. The maximum atomic E-state index is 13.2. The Morgan fingerprint density at radius 1 is 1.17 bits per heavy atom. The van der Waals surface area contributed by atoms with Crippen molar-refractivity contribution in [1.82, 2.24) is 19.9 Å². The van der Waals surface area contributed by atoms with Crippen LogP contribution in [0.5, 0.6) is 0 Å². The van der Waals surface area contributed by atoms with Gasteiger partial charge in [0, 0.05) is 30.3 Å². The first-order valence-corrected chi connectivity index (χ1v) is 10.8. The SMILES string of the molecule is Cc1nc2ccc(C(=O)N3CCCC(c4cccc(-c5cccs5)n4)C3)cc2[nH]1. The molecule has 1 saturated heterocycles. The van der Waals surface area contributed by atoms with Crippen LogP contribution < -0.4 is 0 Å². The van der Waals surface area contributed by atoms with E-state index in [4.69, 9.17) is 4.98 Å². The second kappa shape index (κ2) is 7.44. The zero-order valence-corrected chi connectivity index (χ0v) is 17.1. The zero-order chi connectivity index (χ0) is 19.8. The molecule has 1 amide bonds. The van der Waals surface area contributed by atoms with E-state index in [0.717, 1.165) is 47.6 Å². The largest absolute Gasteiger partial charge is 0.342 e. The third-order valence-corrected chi connectivity index (χ3v) is 6.41. The molecule has 1 fully saturated rings. The Balaban J connectivity index is 1.37. The lowest BCUT2D eigenvalue weighted by Crippen LogP contribution is -2.39. The minimum Gasteiger partial charge on any atom is -0.342 e. The predicted molar refractivity (Wildman–Crippen MR) is 116 cm³/mol. The number of aromatic nitrogens is 3. The first kappa shape index (κ1) is 18.1. The Labute approximate surface area is 173 Å². The quantitative estimate of drug-likeness (QED) is 0.524. The standard InChI is InChI=1S/C23H22N4OS/c1-15-24-19-10-9-16(13-21(19)25-15)23(28)27-11-3-5-17(14-27)18-6-2-7-20(26-18)22-8-4-12-29-22/h2,4,6-10,12-13,17H,3,5,11,14H2,1H3,(H,24,25). The molecule has 0 radical (unpaired) electrons. The van der Waals surface area contributed by atoms with Crippen molar-refractivity contribution in [3.63, 3.8) is 0 Å². The molecular weight excluding hydrogens is 380 g/mol. The molecule has 1 N–H and O–H groups in total. The van der Waals surface area contributed by atoms with Crippen LogP contribution in [0, 0.1) is 6.92 Å². The van der Waals surface area contributed by atoms with Crippen LogP contribution in [0.1, 0.15) is 40.6 Å². The number of pyridine rings is 1. The summed E-state index contributed by atoms with van der Waals surface area (Å²) in [5.74, 6) is 1.21. The first-order valence-electron chi connectivity index (χ1n) is 9.94. The van der Waals surface area contributed by atoms with Gasteiger partial charge < -0.3 is 9.88 Å². The van der Waals surface area contributed by atoms with Gasteiger partial charge in [0.1, 0.15) is 5.82 Å². The van der Waals surface area contributed by atoms with Crippen LogP contribution in [0.3, 0.4) is 0 Å². The van der Waals surface area contributed by atoms with Gasteiger partial charge in [0.15, 0.2) is 0 Å². The van der Waals surface area contributed by atoms with Crippen molar-refractivity contribution in [2.45, 2.75) is 25.7 Å². The number of nitrogens with zero attached hydrogens (tertiary/aromatic N) is 3. The summed E-state index contributed by atoms with van der Waals surface area (Å²) in [6, 6.07) is 16.1. The Hall–Kier alpha value is -2.99. The Kier molecular flexibility index (Phi) is 4.64. The summed E-state index contributed by atoms with van der Waals surface area (Å²) in [5, 5.41) is 2.07. The third kappa shape index (κ3) is 3.56. The molecule has 1 unspecified atom stereocenters. The maximum Gasteiger partial charge on any atom is 0.253 e. The molecule has 29 heavy (non-hydrogen) atoms. The number of hydrogen-bond donors (Lipinski definition) is 1. The number of carbonyl (C=O) groups excluding carboxylic acids is 1. The summed E-state index contributed by atoms with van der Waals surface area (Å²) in [6.07, 6.45) is 2.05. The van der Waals surface area contributed by atoms with Crippen LogP contribution in [0.25, 0.3) is 21.6 Å². The number of aromatic amines is 1. The van der Waals surface area contributed by atoms with Crippen molar-refractivity contribution in [1.29, 1.82) is 0 Å². The van der Waals surface area contributed by atoms with E-state index in [0.29, 0.717) is 12.1 Å². The molecule has 0 aliphatic carbocycles. The highest BCUT2D eigenvalue weighted by Gasteiger charge is 2.26. The fourth-order valence-electron chi connectivity index (χ4n) is 4.10. The molecule has 1 aromatic carbocycles. The van der Waals surface area contributed by atoms with Gasteiger partial charge in [-0.2, -0.15) is 0 Å². The van der Waals surface area contributed by atoms with Gasteiger partial charge in [-0.3, -0.25) is 9.78 Å². The summed E-state index contributed by atoms with van der Waals surface area (Å²) >= 11 is 1.70. The van der Waals surface area contributed by atoms with E-state index in [1.807, 2.05) is 36.1 Å². The summed E-state index contributed by atoms with van der Waals surface area (Å²) < 4.78 is 0. The number of aryl methyl sites for hydroxylation is 1. The molecule has 1 atom stereocenters. The lowest BCUT2D eigenvalue weighted by molar-refractivity contribution is 0.0706. The molecule has 0 spiro atoms. The summed E-state index contributed by atoms with van der Waals surface area (Å²) in [6.45, 7) is 3.42. The van der Waals surface area contributed by atoms with Crippen LogP contribution in [-0.2, 0) is 0 Å². The van der Waals surface area contributed by atoms with Crippen molar-refractivity contribution in [3.8, 4) is 10.6 Å². The molecule has 146 valence electrons. The molecule has 1 aliphatic heterocycles. The van der Waals surface area contributed by atoms with Gasteiger partial charge >= 0.3 is 0 Å². The van der Waals surface area contributed by atoms with E-state index in [-0.39, 0.29) is 11.8 Å². The van der Waals surface area contributed by atoms with E-state index in [1.54, 1.807) is 11.3 Å². The molecular formula is C23H22N4OS. The molecule has 4 aromatic rings. The molecule has 0 bridgehead atoms. The highest BCUT2D eigenvalue weighted by Crippen LogP contribution is 2.30. The molecule has 6 heteroatoms. The average Bonchev–Trinajstić information content (AvgIpc) is 3.42. The van der Waals surface area contributed by atoms with Crippen molar-refractivity contribution >= 4 is 28.3 Å². The van der Waals surface area contributed by atoms with E-state index in [9.17, 15) is 4.79 Å². The number of rotatable bonds is 3. The predicted octanol–water partition coefficient (Wildman–Crippen LogP) is 5.01. The average molecular weight is 403 g/mol. The van der Waals surface area contributed by atoms with Crippen molar-refractivity contribution in [2.75, 3.05) is 13.1 Å². The van der Waals surface area contributed by atoms with Crippen LogP contribution in [0.15, 0.2) is 53.9 Å². The van der Waals surface area contributed by atoms with E-state index in [1.165, 1.54) is 4.88 Å². The number of amides is 1. The number of hydrogen-bond acceptors (Lipinski definition) is 4. The number of nitrogens with one attached hydrogen (secondary N) is 1. The van der Waals surface area contributed by atoms with Crippen molar-refractivity contribution in [3.05, 3.63) is 71.0 Å². The van der Waals surface area contributed by atoms with Gasteiger partial charge in [0.25, 0.3) is 5.91 Å². The van der Waals surface area contributed by atoms with Crippen molar-refractivity contribution in [2.24, 2.45) is 0 Å². The van der Waals surface area contributed by atoms with Gasteiger partial charge in [-0.25, -0.2) is 4.98 Å². The molecule has 5 nitrogen and oxygen atoms in total. The smallest absolute Gasteiger partial charge is 0.253 e. The van der Waals surface area contributed by atoms with E-state index in [2.05, 4.69) is 39.6 Å². The topological polar surface area (TPSA) is 61.9 Å². The summed E-state index contributed by atoms with van der Waals surface area (Å²) in [7, 11) is 0. The number of likely N-dealkylation sites (tertiary alicyclic amines) is 1. The minimum atomic E-state index is 0.0817. The summed E-state index contributed by atoms with van der Waals surface area (Å²) in [4.78, 5) is 28.9. The number of fused-ring (bicyclic) bond motifs is 1. The molecule has 3 aromatic heterocycles. The first-order chi connectivity index (χ1) is 14.2. The Morgan fingerprint density at radius 2 is 2.10 bits per heavy atom. The number of thiophene rings is 1. The number of benzene rings is 1. The fraction of sp³-hybridized carbons (Fsp3) is 0.261. The maximum absolute atomic E-state index is 13.2. The Bertz CT molecular complexity index is 1160. The van der Waals surface area contributed by atoms with Gasteiger partial charge in [0.2, 0.25) is 0 Å². The summed E-state index contributed by atoms with van der Waals surface area (Å²) in [5.41, 5.74) is 4.61. The van der Waals surface area contributed by atoms with Gasteiger partial charge in [0.05, 0.1) is 21.6 Å². The molecule has 5 rings (SSSR count). The minimum absolute atomic E-state index is 0.0817. The lowest BCUT2D eigenvalue weighted by Gasteiger charge is -2.32. The number of piperidine rings is 1. The number of imidazole rings is 1. The normalized spacial score (nSPS) is 17.0. The van der Waals surface area contributed by atoms with E-state index >= 15 is 0 Å². The molecule has 1 aliphatic rings. The van der Waals surface area contributed by atoms with Crippen LogP contribution >= 0.6 is 11.3 Å². The van der Waals surface area contributed by atoms with Crippen molar-refractivity contribution < 1.29 is 4.79 Å². The van der Waals surface area contributed by atoms with Crippen LogP contribution in [-0.4, -0.2) is 38.8 Å². The molecule has 4 heterocycles. The molecule has 0 saturated carbocycles. The number of H-pyrrole nitrogens is 1. The van der Waals surface area contributed by atoms with Gasteiger partial charge in [-0.1, -0.05) is 12.1 Å². The zero-order valence-electron chi connectivity index (χ0n) is 16.3.